The number of aromatic carboxylic acids is 1. The minimum absolute atomic E-state index is 0.0807. The van der Waals surface area contributed by atoms with Crippen molar-refractivity contribution in [2.24, 2.45) is 0 Å². The van der Waals surface area contributed by atoms with E-state index in [1.54, 1.807) is 24.3 Å². The number of carboxylic acids is 1. The lowest BCUT2D eigenvalue weighted by atomic mass is 10.0. The van der Waals surface area contributed by atoms with Gasteiger partial charge in [0, 0.05) is 17.8 Å². The van der Waals surface area contributed by atoms with Crippen molar-refractivity contribution in [1.29, 1.82) is 0 Å². The molecule has 0 aliphatic carbocycles. The Morgan fingerprint density at radius 1 is 1.14 bits per heavy atom. The molecule has 116 valence electrons. The summed E-state index contributed by atoms with van der Waals surface area (Å²) in [5.41, 5.74) is 0.929. The van der Waals surface area contributed by atoms with Crippen LogP contribution in [0.15, 0.2) is 36.4 Å². The predicted octanol–water partition coefficient (Wildman–Crippen LogP) is 3.39. The van der Waals surface area contributed by atoms with Gasteiger partial charge in [-0.15, -0.1) is 11.3 Å². The van der Waals surface area contributed by atoms with Crippen LogP contribution in [0, 0.1) is 0 Å². The molecule has 0 radical (unpaired) electrons. The van der Waals surface area contributed by atoms with Crippen molar-refractivity contribution in [3.05, 3.63) is 56.7 Å². The zero-order valence-corrected chi connectivity index (χ0v) is 13.4. The molecule has 1 amide bonds. The summed E-state index contributed by atoms with van der Waals surface area (Å²) in [6.45, 7) is 0.552. The first-order chi connectivity index (χ1) is 10.6. The van der Waals surface area contributed by atoms with E-state index in [2.05, 4.69) is 5.32 Å². The van der Waals surface area contributed by atoms with Gasteiger partial charge < -0.3 is 10.4 Å². The Hall–Kier alpha value is -1.85. The highest BCUT2D eigenvalue weighted by molar-refractivity contribution is 7.16. The highest BCUT2D eigenvalue weighted by Crippen LogP contribution is 2.21. The second kappa shape index (κ2) is 7.96. The van der Waals surface area contributed by atoms with Crippen molar-refractivity contribution in [3.8, 4) is 0 Å². The first kappa shape index (κ1) is 16.5. The molecule has 0 aliphatic rings. The van der Waals surface area contributed by atoms with Crippen LogP contribution in [0.1, 0.15) is 27.2 Å². The lowest BCUT2D eigenvalue weighted by molar-refractivity contribution is -0.121. The maximum atomic E-state index is 11.8. The van der Waals surface area contributed by atoms with Gasteiger partial charge >= 0.3 is 5.97 Å². The number of hydrogen-bond acceptors (Lipinski definition) is 3. The Balaban J connectivity index is 1.77. The van der Waals surface area contributed by atoms with Gasteiger partial charge in [0.25, 0.3) is 0 Å². The fourth-order valence-electron chi connectivity index (χ4n) is 2.09. The highest BCUT2D eigenvalue weighted by Gasteiger charge is 2.10. The summed E-state index contributed by atoms with van der Waals surface area (Å²) in [6, 6.07) is 10.5. The zero-order valence-electron chi connectivity index (χ0n) is 11.8. The van der Waals surface area contributed by atoms with Gasteiger partial charge in [-0.25, -0.2) is 4.79 Å². The van der Waals surface area contributed by atoms with Gasteiger partial charge in [0.2, 0.25) is 5.91 Å². The van der Waals surface area contributed by atoms with Gasteiger partial charge in [-0.2, -0.15) is 0 Å². The topological polar surface area (TPSA) is 66.4 Å². The van der Waals surface area contributed by atoms with Gasteiger partial charge in [0.05, 0.1) is 9.90 Å². The minimum atomic E-state index is -0.967. The van der Waals surface area contributed by atoms with Crippen molar-refractivity contribution < 1.29 is 14.7 Å². The summed E-state index contributed by atoms with van der Waals surface area (Å²) >= 11 is 7.35. The molecule has 1 aromatic carbocycles. The van der Waals surface area contributed by atoms with Gasteiger partial charge in [0.1, 0.15) is 0 Å². The summed E-state index contributed by atoms with van der Waals surface area (Å²) in [4.78, 5) is 24.0. The fraction of sp³-hybridized carbons (Fsp3) is 0.250. The number of aryl methyl sites for hydroxylation is 1. The summed E-state index contributed by atoms with van der Waals surface area (Å²) in [7, 11) is 0. The average molecular weight is 338 g/mol. The third-order valence-electron chi connectivity index (χ3n) is 3.19. The van der Waals surface area contributed by atoms with Crippen LogP contribution < -0.4 is 5.32 Å². The Bertz CT molecular complexity index is 669. The van der Waals surface area contributed by atoms with E-state index < -0.39 is 5.97 Å². The van der Waals surface area contributed by atoms with E-state index in [9.17, 15) is 9.59 Å². The van der Waals surface area contributed by atoms with E-state index in [4.69, 9.17) is 16.7 Å². The molecule has 0 bridgehead atoms. The molecule has 0 saturated carbocycles. The standard InChI is InChI=1S/C16H16ClNO3S/c17-14-7-6-12(22-14)9-10-18-15(19)8-5-11-3-1-2-4-13(11)16(20)21/h1-4,6-7H,5,8-10H2,(H,18,19)(H,20,21). The predicted molar refractivity (Wildman–Crippen MR) is 87.8 cm³/mol. The second-order valence-corrected chi connectivity index (χ2v) is 6.57. The van der Waals surface area contributed by atoms with Gasteiger partial charge in [-0.3, -0.25) is 4.79 Å². The molecular formula is C16H16ClNO3S. The zero-order chi connectivity index (χ0) is 15.9. The third-order valence-corrected chi connectivity index (χ3v) is 4.48. The largest absolute Gasteiger partial charge is 0.478 e. The SMILES string of the molecule is O=C(CCc1ccccc1C(=O)O)NCCc1ccc(Cl)s1. The lowest BCUT2D eigenvalue weighted by Crippen LogP contribution is -2.25. The molecule has 2 rings (SSSR count). The van der Waals surface area contributed by atoms with Crippen molar-refractivity contribution in [2.45, 2.75) is 19.3 Å². The van der Waals surface area contributed by atoms with Crippen LogP contribution in [-0.2, 0) is 17.6 Å². The molecule has 2 N–H and O–H groups in total. The van der Waals surface area contributed by atoms with Crippen LogP contribution in [0.5, 0.6) is 0 Å². The Morgan fingerprint density at radius 2 is 1.91 bits per heavy atom. The summed E-state index contributed by atoms with van der Waals surface area (Å²) in [5.74, 6) is -1.05. The molecule has 0 fully saturated rings. The third kappa shape index (κ3) is 4.86. The number of hydrogen-bond donors (Lipinski definition) is 2. The second-order valence-electron chi connectivity index (χ2n) is 4.77. The van der Waals surface area contributed by atoms with Crippen LogP contribution in [0.3, 0.4) is 0 Å². The molecule has 1 aromatic heterocycles. The highest BCUT2D eigenvalue weighted by atomic mass is 35.5. The van der Waals surface area contributed by atoms with Gasteiger partial charge in [-0.1, -0.05) is 29.8 Å². The molecule has 0 atom stereocenters. The van der Waals surface area contributed by atoms with Crippen molar-refractivity contribution >= 4 is 34.8 Å². The number of nitrogens with one attached hydrogen (secondary N) is 1. The van der Waals surface area contributed by atoms with E-state index in [1.165, 1.54) is 11.3 Å². The minimum Gasteiger partial charge on any atom is -0.478 e. The maximum Gasteiger partial charge on any atom is 0.335 e. The number of carbonyl (C=O) groups is 2. The molecule has 0 aliphatic heterocycles. The molecular weight excluding hydrogens is 322 g/mol. The summed E-state index contributed by atoms with van der Waals surface area (Å²) in [5, 5.41) is 11.9. The van der Waals surface area contributed by atoms with E-state index >= 15 is 0 Å². The monoisotopic (exact) mass is 337 g/mol. The van der Waals surface area contributed by atoms with Crippen molar-refractivity contribution in [2.75, 3.05) is 6.54 Å². The number of halogens is 1. The normalized spacial score (nSPS) is 10.4. The molecule has 0 spiro atoms. The maximum absolute atomic E-state index is 11.8. The van der Waals surface area contributed by atoms with Crippen LogP contribution in [0.4, 0.5) is 0 Å². The lowest BCUT2D eigenvalue weighted by Gasteiger charge is -2.07. The van der Waals surface area contributed by atoms with Crippen molar-refractivity contribution in [1.82, 2.24) is 5.32 Å². The van der Waals surface area contributed by atoms with E-state index in [-0.39, 0.29) is 17.9 Å². The molecule has 22 heavy (non-hydrogen) atoms. The quantitative estimate of drug-likeness (QED) is 0.813. The number of carbonyl (C=O) groups excluding carboxylic acids is 1. The first-order valence-electron chi connectivity index (χ1n) is 6.88. The molecule has 0 unspecified atom stereocenters. The molecule has 1 heterocycles. The number of benzene rings is 1. The number of thiophene rings is 1. The molecule has 4 nitrogen and oxygen atoms in total. The summed E-state index contributed by atoms with van der Waals surface area (Å²) in [6.07, 6.45) is 1.43. The average Bonchev–Trinajstić information content (AvgIpc) is 2.91. The Morgan fingerprint density at radius 3 is 2.59 bits per heavy atom. The van der Waals surface area contributed by atoms with Crippen LogP contribution in [0.2, 0.25) is 4.34 Å². The number of rotatable bonds is 7. The first-order valence-corrected chi connectivity index (χ1v) is 8.08. The van der Waals surface area contributed by atoms with Gasteiger partial charge in [0.15, 0.2) is 0 Å². The van der Waals surface area contributed by atoms with Crippen LogP contribution in [-0.4, -0.2) is 23.5 Å². The molecule has 6 heteroatoms. The summed E-state index contributed by atoms with van der Waals surface area (Å²) < 4.78 is 0.742. The van der Waals surface area contributed by atoms with E-state index in [1.807, 2.05) is 12.1 Å². The number of amides is 1. The van der Waals surface area contributed by atoms with Crippen LogP contribution in [0.25, 0.3) is 0 Å². The van der Waals surface area contributed by atoms with Crippen molar-refractivity contribution in [3.63, 3.8) is 0 Å². The smallest absolute Gasteiger partial charge is 0.335 e. The number of carboxylic acid groups (broad SMARTS) is 1. The molecule has 2 aromatic rings. The molecule has 0 saturated heterocycles. The fourth-order valence-corrected chi connectivity index (χ4v) is 3.18. The Kier molecular flexibility index (Phi) is 5.98. The van der Waals surface area contributed by atoms with Gasteiger partial charge in [-0.05, 0) is 36.6 Å². The van der Waals surface area contributed by atoms with Crippen LogP contribution >= 0.6 is 22.9 Å². The van der Waals surface area contributed by atoms with E-state index in [0.29, 0.717) is 18.5 Å². The Labute approximate surface area is 137 Å². The van der Waals surface area contributed by atoms with E-state index in [0.717, 1.165) is 15.6 Å².